The molecule has 0 radical (unpaired) electrons. The quantitative estimate of drug-likeness (QED) is 0.486. The third-order valence-corrected chi connectivity index (χ3v) is 3.51. The van der Waals surface area contributed by atoms with E-state index in [0.29, 0.717) is 17.0 Å². The largest absolute Gasteiger partial charge is 0.438 e. The molecule has 4 N–H and O–H groups in total. The standard InChI is InChI=1S/C19H15FN4O3/c20-13-5-9-15(10-6-13)27-19-16(2-1-11-22-19)18(26)24-23-17(25)12-3-7-14(21)8-4-12/h1-11H,21H2,(H,23,25)(H,24,26). The SMILES string of the molecule is Nc1ccc(C(=O)NNC(=O)c2cccnc2Oc2ccc(F)cc2)cc1. The number of amides is 2. The lowest BCUT2D eigenvalue weighted by atomic mass is 10.2. The average molecular weight is 366 g/mol. The predicted molar refractivity (Wildman–Crippen MR) is 96.5 cm³/mol. The smallest absolute Gasteiger partial charge is 0.275 e. The first-order valence-corrected chi connectivity index (χ1v) is 7.87. The van der Waals surface area contributed by atoms with Crippen molar-refractivity contribution in [2.24, 2.45) is 0 Å². The van der Waals surface area contributed by atoms with Crippen LogP contribution in [0.25, 0.3) is 0 Å². The van der Waals surface area contributed by atoms with Crippen LogP contribution in [0.2, 0.25) is 0 Å². The number of hydrazine groups is 1. The molecule has 0 fully saturated rings. The molecular weight excluding hydrogens is 351 g/mol. The molecule has 2 amide bonds. The van der Waals surface area contributed by atoms with Gasteiger partial charge in [0.15, 0.2) is 0 Å². The Kier molecular flexibility index (Phi) is 5.27. The van der Waals surface area contributed by atoms with E-state index in [9.17, 15) is 14.0 Å². The van der Waals surface area contributed by atoms with Crippen molar-refractivity contribution in [2.75, 3.05) is 5.73 Å². The van der Waals surface area contributed by atoms with Crippen molar-refractivity contribution in [2.45, 2.75) is 0 Å². The highest BCUT2D eigenvalue weighted by Gasteiger charge is 2.15. The van der Waals surface area contributed by atoms with Gasteiger partial charge in [-0.15, -0.1) is 0 Å². The van der Waals surface area contributed by atoms with Crippen molar-refractivity contribution in [3.8, 4) is 11.6 Å². The van der Waals surface area contributed by atoms with Gasteiger partial charge in [0.2, 0.25) is 5.88 Å². The van der Waals surface area contributed by atoms with E-state index in [1.54, 1.807) is 18.2 Å². The van der Waals surface area contributed by atoms with Crippen molar-refractivity contribution in [3.05, 3.63) is 83.8 Å². The minimum absolute atomic E-state index is 0.0170. The van der Waals surface area contributed by atoms with E-state index in [1.165, 1.54) is 48.7 Å². The molecule has 0 saturated carbocycles. The molecule has 0 bridgehead atoms. The van der Waals surface area contributed by atoms with Gasteiger partial charge in [-0.2, -0.15) is 0 Å². The van der Waals surface area contributed by atoms with Gasteiger partial charge in [0.1, 0.15) is 17.1 Å². The van der Waals surface area contributed by atoms with Crippen LogP contribution in [0.3, 0.4) is 0 Å². The monoisotopic (exact) mass is 366 g/mol. The Morgan fingerprint density at radius 3 is 2.30 bits per heavy atom. The van der Waals surface area contributed by atoms with Crippen LogP contribution in [0, 0.1) is 5.82 Å². The zero-order valence-electron chi connectivity index (χ0n) is 14.0. The zero-order valence-corrected chi connectivity index (χ0v) is 14.0. The van der Waals surface area contributed by atoms with Crippen LogP contribution >= 0.6 is 0 Å². The molecule has 2 aromatic carbocycles. The van der Waals surface area contributed by atoms with Crippen molar-refractivity contribution >= 4 is 17.5 Å². The number of halogens is 1. The fourth-order valence-electron chi connectivity index (χ4n) is 2.15. The maximum absolute atomic E-state index is 13.0. The highest BCUT2D eigenvalue weighted by molar-refractivity contribution is 6.00. The van der Waals surface area contributed by atoms with E-state index < -0.39 is 17.6 Å². The van der Waals surface area contributed by atoms with Crippen LogP contribution in [0.5, 0.6) is 11.6 Å². The van der Waals surface area contributed by atoms with Crippen molar-refractivity contribution < 1.29 is 18.7 Å². The second kappa shape index (κ2) is 7.96. The van der Waals surface area contributed by atoms with Gasteiger partial charge in [-0.1, -0.05) is 0 Å². The first-order valence-electron chi connectivity index (χ1n) is 7.87. The van der Waals surface area contributed by atoms with E-state index in [2.05, 4.69) is 15.8 Å². The van der Waals surface area contributed by atoms with E-state index in [1.807, 2.05) is 0 Å². The minimum atomic E-state index is -0.621. The molecule has 0 aliphatic carbocycles. The number of aromatic nitrogens is 1. The molecule has 7 nitrogen and oxygen atoms in total. The molecule has 0 saturated heterocycles. The molecule has 0 atom stereocenters. The number of carbonyl (C=O) groups excluding carboxylic acids is 2. The number of nitrogens with one attached hydrogen (secondary N) is 2. The van der Waals surface area contributed by atoms with Gasteiger partial charge in [-0.05, 0) is 60.7 Å². The number of carbonyl (C=O) groups is 2. The molecule has 0 spiro atoms. The summed E-state index contributed by atoms with van der Waals surface area (Å²) in [7, 11) is 0. The Morgan fingerprint density at radius 1 is 0.926 bits per heavy atom. The average Bonchev–Trinajstić information content (AvgIpc) is 2.68. The summed E-state index contributed by atoms with van der Waals surface area (Å²) in [5.74, 6) is -1.21. The molecule has 136 valence electrons. The third kappa shape index (κ3) is 4.57. The third-order valence-electron chi connectivity index (χ3n) is 3.51. The van der Waals surface area contributed by atoms with Crippen molar-refractivity contribution in [1.82, 2.24) is 15.8 Å². The van der Waals surface area contributed by atoms with Crippen LogP contribution in [-0.4, -0.2) is 16.8 Å². The number of hydrogen-bond donors (Lipinski definition) is 3. The molecule has 8 heteroatoms. The van der Waals surface area contributed by atoms with Gasteiger partial charge in [-0.25, -0.2) is 9.37 Å². The number of rotatable bonds is 4. The second-order valence-corrected chi connectivity index (χ2v) is 5.44. The summed E-state index contributed by atoms with van der Waals surface area (Å²) in [6.07, 6.45) is 1.45. The highest BCUT2D eigenvalue weighted by Crippen LogP contribution is 2.22. The number of hydrogen-bond acceptors (Lipinski definition) is 5. The topological polar surface area (TPSA) is 106 Å². The van der Waals surface area contributed by atoms with Gasteiger partial charge in [-0.3, -0.25) is 20.4 Å². The fourth-order valence-corrected chi connectivity index (χ4v) is 2.15. The summed E-state index contributed by atoms with van der Waals surface area (Å²) in [5.41, 5.74) is 11.1. The van der Waals surface area contributed by atoms with Gasteiger partial charge >= 0.3 is 0 Å². The Balaban J connectivity index is 1.68. The first kappa shape index (κ1) is 17.9. The number of ether oxygens (including phenoxy) is 1. The van der Waals surface area contributed by atoms with Crippen LogP contribution in [0.1, 0.15) is 20.7 Å². The summed E-state index contributed by atoms with van der Waals surface area (Å²) in [4.78, 5) is 28.4. The summed E-state index contributed by atoms with van der Waals surface area (Å²) in [6.45, 7) is 0. The molecule has 0 unspecified atom stereocenters. The summed E-state index contributed by atoms with van der Waals surface area (Å²) >= 11 is 0. The first-order chi connectivity index (χ1) is 13.0. The number of benzene rings is 2. The van der Waals surface area contributed by atoms with E-state index >= 15 is 0 Å². The van der Waals surface area contributed by atoms with Crippen LogP contribution in [-0.2, 0) is 0 Å². The number of nitrogens with zero attached hydrogens (tertiary/aromatic N) is 1. The van der Waals surface area contributed by atoms with Gasteiger partial charge in [0, 0.05) is 17.4 Å². The summed E-state index contributed by atoms with van der Waals surface area (Å²) in [5, 5.41) is 0. The van der Waals surface area contributed by atoms with Gasteiger partial charge in [0.25, 0.3) is 11.8 Å². The van der Waals surface area contributed by atoms with E-state index in [-0.39, 0.29) is 11.4 Å². The number of nitrogens with two attached hydrogens (primary N) is 1. The normalized spacial score (nSPS) is 10.1. The molecule has 0 aliphatic rings. The van der Waals surface area contributed by atoms with Crippen molar-refractivity contribution in [3.63, 3.8) is 0 Å². The van der Waals surface area contributed by atoms with Gasteiger partial charge < -0.3 is 10.5 Å². The Hall–Kier alpha value is -3.94. The maximum Gasteiger partial charge on any atom is 0.275 e. The molecule has 3 rings (SSSR count). The zero-order chi connectivity index (χ0) is 19.2. The van der Waals surface area contributed by atoms with Crippen LogP contribution in [0.4, 0.5) is 10.1 Å². The Labute approximate surface area is 154 Å². The van der Waals surface area contributed by atoms with Crippen LogP contribution < -0.4 is 21.3 Å². The van der Waals surface area contributed by atoms with Gasteiger partial charge in [0.05, 0.1) is 0 Å². The lowest BCUT2D eigenvalue weighted by Crippen LogP contribution is -2.41. The Bertz CT molecular complexity index is 959. The number of pyridine rings is 1. The summed E-state index contributed by atoms with van der Waals surface area (Å²) < 4.78 is 18.5. The van der Waals surface area contributed by atoms with E-state index in [4.69, 9.17) is 10.5 Å². The molecule has 0 aliphatic heterocycles. The molecule has 1 heterocycles. The maximum atomic E-state index is 13.0. The summed E-state index contributed by atoms with van der Waals surface area (Å²) in [6, 6.07) is 14.5. The number of nitrogen functional groups attached to an aromatic ring is 1. The van der Waals surface area contributed by atoms with E-state index in [0.717, 1.165) is 0 Å². The molecule has 3 aromatic rings. The lowest BCUT2D eigenvalue weighted by molar-refractivity contribution is 0.0845. The molecule has 1 aromatic heterocycles. The van der Waals surface area contributed by atoms with Crippen LogP contribution in [0.15, 0.2) is 66.9 Å². The molecular formula is C19H15FN4O3. The minimum Gasteiger partial charge on any atom is -0.438 e. The highest BCUT2D eigenvalue weighted by atomic mass is 19.1. The predicted octanol–water partition coefficient (Wildman–Crippen LogP) is 2.67. The second-order valence-electron chi connectivity index (χ2n) is 5.44. The van der Waals surface area contributed by atoms with Crippen molar-refractivity contribution in [1.29, 1.82) is 0 Å². The molecule has 27 heavy (non-hydrogen) atoms. The Morgan fingerprint density at radius 2 is 1.59 bits per heavy atom. The lowest BCUT2D eigenvalue weighted by Gasteiger charge is -2.11. The fraction of sp³-hybridized carbons (Fsp3) is 0. The number of anilines is 1.